The topological polar surface area (TPSA) is 45.5 Å². The van der Waals surface area contributed by atoms with Crippen molar-refractivity contribution in [2.24, 2.45) is 0 Å². The molecule has 2 aromatic carbocycles. The smallest absolute Gasteiger partial charge is 0.291 e. The highest BCUT2D eigenvalue weighted by molar-refractivity contribution is 6.30. The van der Waals surface area contributed by atoms with E-state index in [0.717, 1.165) is 30.0 Å². The van der Waals surface area contributed by atoms with Crippen molar-refractivity contribution >= 4 is 28.9 Å². The largest absolute Gasteiger partial charge is 0.451 e. The van der Waals surface area contributed by atoms with E-state index in [1.165, 1.54) is 19.3 Å². The summed E-state index contributed by atoms with van der Waals surface area (Å²) in [6.07, 6.45) is 3.64. The van der Waals surface area contributed by atoms with Gasteiger partial charge >= 0.3 is 0 Å². The number of furan rings is 1. The Labute approximate surface area is 163 Å². The molecule has 0 bridgehead atoms. The van der Waals surface area contributed by atoms with Gasteiger partial charge < -0.3 is 14.6 Å². The van der Waals surface area contributed by atoms with Crippen LogP contribution >= 0.6 is 11.6 Å². The summed E-state index contributed by atoms with van der Waals surface area (Å²) in [5.41, 5.74) is 2.76. The van der Waals surface area contributed by atoms with Gasteiger partial charge in [-0.1, -0.05) is 23.7 Å². The van der Waals surface area contributed by atoms with E-state index in [-0.39, 0.29) is 11.7 Å². The fraction of sp³-hybridized carbons (Fsp3) is 0.227. The second kappa shape index (κ2) is 7.89. The molecule has 0 atom stereocenters. The summed E-state index contributed by atoms with van der Waals surface area (Å²) in [5.74, 6) is 0.675. The normalized spacial score (nSPS) is 14.2. The first-order valence-electron chi connectivity index (χ1n) is 9.22. The van der Waals surface area contributed by atoms with Crippen LogP contribution in [0.4, 0.5) is 11.4 Å². The van der Waals surface area contributed by atoms with Crippen LogP contribution in [-0.4, -0.2) is 19.0 Å². The molecule has 0 radical (unpaired) electrons. The maximum absolute atomic E-state index is 12.7. The summed E-state index contributed by atoms with van der Waals surface area (Å²) >= 11 is 5.93. The second-order valence-corrected chi connectivity index (χ2v) is 7.13. The van der Waals surface area contributed by atoms with Gasteiger partial charge in [-0.25, -0.2) is 0 Å². The molecule has 4 rings (SSSR count). The molecule has 2 heterocycles. The maximum Gasteiger partial charge on any atom is 0.291 e. The molecule has 4 nitrogen and oxygen atoms in total. The summed E-state index contributed by atoms with van der Waals surface area (Å²) < 4.78 is 5.76. The second-order valence-electron chi connectivity index (χ2n) is 6.69. The number of para-hydroxylation sites is 2. The van der Waals surface area contributed by atoms with Crippen LogP contribution in [0.5, 0.6) is 0 Å². The Morgan fingerprint density at radius 2 is 1.67 bits per heavy atom. The quantitative estimate of drug-likeness (QED) is 0.618. The Hall–Kier alpha value is -2.72. The Kier molecular flexibility index (Phi) is 5.16. The number of halogens is 1. The molecule has 0 aliphatic carbocycles. The van der Waals surface area contributed by atoms with E-state index in [9.17, 15) is 4.79 Å². The van der Waals surface area contributed by atoms with Crippen molar-refractivity contribution in [1.29, 1.82) is 0 Å². The van der Waals surface area contributed by atoms with Crippen molar-refractivity contribution in [2.75, 3.05) is 23.3 Å². The van der Waals surface area contributed by atoms with Crippen LogP contribution in [0.3, 0.4) is 0 Å². The first kappa shape index (κ1) is 17.7. The molecular formula is C22H21ClN2O2. The zero-order valence-corrected chi connectivity index (χ0v) is 15.7. The molecule has 0 unspecified atom stereocenters. The van der Waals surface area contributed by atoms with E-state index in [4.69, 9.17) is 16.0 Å². The van der Waals surface area contributed by atoms with Gasteiger partial charge in [0.2, 0.25) is 0 Å². The highest BCUT2D eigenvalue weighted by Crippen LogP contribution is 2.29. The van der Waals surface area contributed by atoms with Crippen molar-refractivity contribution in [3.63, 3.8) is 0 Å². The Morgan fingerprint density at radius 1 is 0.926 bits per heavy atom. The number of piperidine rings is 1. The van der Waals surface area contributed by atoms with Crippen LogP contribution in [-0.2, 0) is 0 Å². The first-order valence-corrected chi connectivity index (χ1v) is 9.59. The summed E-state index contributed by atoms with van der Waals surface area (Å²) in [6.45, 7) is 2.04. The van der Waals surface area contributed by atoms with E-state index in [1.807, 2.05) is 30.3 Å². The Morgan fingerprint density at radius 3 is 2.44 bits per heavy atom. The van der Waals surface area contributed by atoms with Crippen LogP contribution in [0.25, 0.3) is 11.3 Å². The van der Waals surface area contributed by atoms with Crippen molar-refractivity contribution in [2.45, 2.75) is 19.3 Å². The lowest BCUT2D eigenvalue weighted by Gasteiger charge is -2.30. The molecule has 1 N–H and O–H groups in total. The fourth-order valence-corrected chi connectivity index (χ4v) is 3.53. The zero-order chi connectivity index (χ0) is 18.6. The van der Waals surface area contributed by atoms with Gasteiger partial charge in [-0.15, -0.1) is 0 Å². The highest BCUT2D eigenvalue weighted by Gasteiger charge is 2.18. The molecule has 1 aromatic heterocycles. The van der Waals surface area contributed by atoms with Gasteiger partial charge in [-0.3, -0.25) is 4.79 Å². The predicted octanol–water partition coefficient (Wildman–Crippen LogP) is 5.84. The minimum Gasteiger partial charge on any atom is -0.451 e. The average Bonchev–Trinajstić information content (AvgIpc) is 3.20. The number of hydrogen-bond acceptors (Lipinski definition) is 3. The molecule has 5 heteroatoms. The van der Waals surface area contributed by atoms with Gasteiger partial charge in [-0.05, 0) is 67.8 Å². The van der Waals surface area contributed by atoms with Crippen molar-refractivity contribution < 1.29 is 9.21 Å². The molecule has 138 valence electrons. The van der Waals surface area contributed by atoms with E-state index < -0.39 is 0 Å². The monoisotopic (exact) mass is 380 g/mol. The van der Waals surface area contributed by atoms with E-state index in [1.54, 1.807) is 24.3 Å². The molecule has 3 aromatic rings. The highest BCUT2D eigenvalue weighted by atomic mass is 35.5. The summed E-state index contributed by atoms with van der Waals surface area (Å²) in [5, 5.41) is 3.67. The third-order valence-corrected chi connectivity index (χ3v) is 5.06. The molecular weight excluding hydrogens is 360 g/mol. The lowest BCUT2D eigenvalue weighted by molar-refractivity contribution is 0.0997. The van der Waals surface area contributed by atoms with Gasteiger partial charge in [0.15, 0.2) is 5.76 Å². The molecule has 1 aliphatic heterocycles. The molecule has 1 amide bonds. The van der Waals surface area contributed by atoms with Gasteiger partial charge in [0.1, 0.15) is 5.76 Å². The van der Waals surface area contributed by atoms with Crippen molar-refractivity contribution in [3.8, 4) is 11.3 Å². The maximum atomic E-state index is 12.7. The van der Waals surface area contributed by atoms with Crippen LogP contribution in [0.1, 0.15) is 29.8 Å². The van der Waals surface area contributed by atoms with Gasteiger partial charge in [0.25, 0.3) is 5.91 Å². The fourth-order valence-electron chi connectivity index (χ4n) is 3.40. The number of carbonyl (C=O) groups is 1. The lowest BCUT2D eigenvalue weighted by Crippen LogP contribution is -2.30. The number of nitrogens with zero attached hydrogens (tertiary/aromatic N) is 1. The molecule has 1 fully saturated rings. The number of amides is 1. The van der Waals surface area contributed by atoms with Crippen molar-refractivity contribution in [1.82, 2.24) is 0 Å². The molecule has 1 aliphatic rings. The Balaban J connectivity index is 1.52. The third-order valence-electron chi connectivity index (χ3n) is 4.81. The molecule has 1 saturated heterocycles. The van der Waals surface area contributed by atoms with Crippen LogP contribution in [0, 0.1) is 0 Å². The number of benzene rings is 2. The van der Waals surface area contributed by atoms with E-state index in [0.29, 0.717) is 10.8 Å². The molecule has 27 heavy (non-hydrogen) atoms. The first-order chi connectivity index (χ1) is 13.2. The SMILES string of the molecule is O=C(Nc1ccccc1N1CCCCC1)c1ccc(-c2ccc(Cl)cc2)o1. The van der Waals surface area contributed by atoms with Gasteiger partial charge in [-0.2, -0.15) is 0 Å². The van der Waals surface area contributed by atoms with Crippen LogP contribution in [0.2, 0.25) is 5.02 Å². The molecule has 0 spiro atoms. The number of nitrogens with one attached hydrogen (secondary N) is 1. The number of rotatable bonds is 4. The number of anilines is 2. The lowest BCUT2D eigenvalue weighted by atomic mass is 10.1. The van der Waals surface area contributed by atoms with E-state index in [2.05, 4.69) is 16.3 Å². The van der Waals surface area contributed by atoms with Crippen LogP contribution < -0.4 is 10.2 Å². The summed E-state index contributed by atoms with van der Waals surface area (Å²) in [7, 11) is 0. The standard InChI is InChI=1S/C22H21ClN2O2/c23-17-10-8-16(9-11-17)20-12-13-21(27-20)22(26)24-18-6-2-3-7-19(18)25-14-4-1-5-15-25/h2-3,6-13H,1,4-5,14-15H2,(H,24,26). The van der Waals surface area contributed by atoms with Gasteiger partial charge in [0, 0.05) is 23.7 Å². The number of carbonyl (C=O) groups excluding carboxylic acids is 1. The Bertz CT molecular complexity index is 927. The minimum absolute atomic E-state index is 0.250. The van der Waals surface area contributed by atoms with Gasteiger partial charge in [0.05, 0.1) is 11.4 Å². The third kappa shape index (κ3) is 4.01. The molecule has 0 saturated carbocycles. The van der Waals surface area contributed by atoms with Crippen LogP contribution in [0.15, 0.2) is 65.1 Å². The average molecular weight is 381 g/mol. The summed E-state index contributed by atoms with van der Waals surface area (Å²) in [4.78, 5) is 15.0. The zero-order valence-electron chi connectivity index (χ0n) is 15.0. The summed E-state index contributed by atoms with van der Waals surface area (Å²) in [6, 6.07) is 18.8. The number of hydrogen-bond donors (Lipinski definition) is 1. The van der Waals surface area contributed by atoms with Crippen molar-refractivity contribution in [3.05, 3.63) is 71.4 Å². The van der Waals surface area contributed by atoms with E-state index >= 15 is 0 Å². The predicted molar refractivity (Wildman–Crippen MR) is 110 cm³/mol. The minimum atomic E-state index is -0.250.